The van der Waals surface area contributed by atoms with Crippen molar-refractivity contribution in [2.75, 3.05) is 5.32 Å². The molecule has 0 aliphatic rings. The molecule has 3 nitrogen and oxygen atoms in total. The first-order valence-corrected chi connectivity index (χ1v) is 6.65. The molecule has 0 saturated heterocycles. The number of halogens is 2. The average Bonchev–Trinajstić information content (AvgIpc) is 2.70. The second-order valence-electron chi connectivity index (χ2n) is 3.57. The van der Waals surface area contributed by atoms with Crippen molar-refractivity contribution in [3.05, 3.63) is 44.6 Å². The van der Waals surface area contributed by atoms with Crippen LogP contribution < -0.4 is 5.32 Å². The molecule has 1 amide bonds. The standard InChI is InChI=1S/C12H9Cl2NO2S/c13-8-2-1-3-9(12(8)17)15-11(16)6-7-4-5-10(14)18-7/h1-5,17H,6H2,(H,15,16). The zero-order valence-corrected chi connectivity index (χ0v) is 11.4. The van der Waals surface area contributed by atoms with Gasteiger partial charge in [-0.1, -0.05) is 29.3 Å². The average molecular weight is 302 g/mol. The highest BCUT2D eigenvalue weighted by molar-refractivity contribution is 7.16. The first-order chi connectivity index (χ1) is 8.56. The summed E-state index contributed by atoms with van der Waals surface area (Å²) in [7, 11) is 0. The fourth-order valence-electron chi connectivity index (χ4n) is 1.42. The molecule has 2 rings (SSSR count). The van der Waals surface area contributed by atoms with Crippen molar-refractivity contribution < 1.29 is 9.90 Å². The third-order valence-electron chi connectivity index (χ3n) is 2.22. The van der Waals surface area contributed by atoms with Crippen LogP contribution in [0.1, 0.15) is 4.88 Å². The van der Waals surface area contributed by atoms with E-state index in [9.17, 15) is 9.90 Å². The molecule has 1 heterocycles. The third-order valence-corrected chi connectivity index (χ3v) is 3.76. The highest BCUT2D eigenvalue weighted by Gasteiger charge is 2.10. The zero-order chi connectivity index (χ0) is 13.1. The number of phenolic OH excluding ortho intramolecular Hbond substituents is 1. The Bertz CT molecular complexity index is 583. The molecule has 0 atom stereocenters. The summed E-state index contributed by atoms with van der Waals surface area (Å²) < 4.78 is 0.642. The van der Waals surface area contributed by atoms with Gasteiger partial charge in [0.05, 0.1) is 21.5 Å². The number of phenols is 1. The third kappa shape index (κ3) is 3.16. The molecule has 0 saturated carbocycles. The quantitative estimate of drug-likeness (QED) is 0.844. The number of anilines is 1. The minimum Gasteiger partial charge on any atom is -0.504 e. The Morgan fingerprint density at radius 3 is 2.72 bits per heavy atom. The van der Waals surface area contributed by atoms with E-state index >= 15 is 0 Å². The smallest absolute Gasteiger partial charge is 0.229 e. The maximum atomic E-state index is 11.8. The summed E-state index contributed by atoms with van der Waals surface area (Å²) in [5.41, 5.74) is 0.301. The molecule has 0 fully saturated rings. The van der Waals surface area contributed by atoms with Gasteiger partial charge in [-0.05, 0) is 24.3 Å². The molecule has 2 N–H and O–H groups in total. The van der Waals surface area contributed by atoms with Crippen molar-refractivity contribution >= 4 is 46.1 Å². The summed E-state index contributed by atoms with van der Waals surface area (Å²) in [6.45, 7) is 0. The van der Waals surface area contributed by atoms with Gasteiger partial charge in [-0.25, -0.2) is 0 Å². The van der Waals surface area contributed by atoms with Crippen LogP contribution in [0.3, 0.4) is 0 Å². The lowest BCUT2D eigenvalue weighted by Crippen LogP contribution is -2.13. The van der Waals surface area contributed by atoms with Crippen molar-refractivity contribution in [1.29, 1.82) is 0 Å². The number of thiophene rings is 1. The number of hydrogen-bond donors (Lipinski definition) is 2. The largest absolute Gasteiger partial charge is 0.504 e. The summed E-state index contributed by atoms with van der Waals surface area (Å²) in [5.74, 6) is -0.359. The topological polar surface area (TPSA) is 49.3 Å². The molecule has 0 unspecified atom stereocenters. The molecule has 6 heteroatoms. The molecule has 2 aromatic rings. The van der Waals surface area contributed by atoms with E-state index in [0.29, 0.717) is 10.0 Å². The van der Waals surface area contributed by atoms with Crippen LogP contribution in [0.5, 0.6) is 5.75 Å². The Hall–Kier alpha value is -1.23. The van der Waals surface area contributed by atoms with Gasteiger partial charge in [-0.3, -0.25) is 4.79 Å². The van der Waals surface area contributed by atoms with Gasteiger partial charge in [0, 0.05) is 4.88 Å². The Labute approximate surface area is 118 Å². The Morgan fingerprint density at radius 2 is 2.06 bits per heavy atom. The predicted octanol–water partition coefficient (Wildman–Crippen LogP) is 3.94. The zero-order valence-electron chi connectivity index (χ0n) is 9.11. The second kappa shape index (κ2) is 5.61. The summed E-state index contributed by atoms with van der Waals surface area (Å²) in [5, 5.41) is 12.5. The van der Waals surface area contributed by atoms with Gasteiger partial charge in [0.15, 0.2) is 5.75 Å². The van der Waals surface area contributed by atoms with E-state index in [1.165, 1.54) is 11.3 Å². The van der Waals surface area contributed by atoms with Gasteiger partial charge in [-0.2, -0.15) is 0 Å². The fourth-order valence-corrected chi connectivity index (χ4v) is 2.68. The van der Waals surface area contributed by atoms with E-state index in [1.807, 2.05) is 0 Å². The number of benzene rings is 1. The van der Waals surface area contributed by atoms with Crippen LogP contribution in [-0.4, -0.2) is 11.0 Å². The minimum atomic E-state index is -0.230. The first kappa shape index (κ1) is 13.2. The number of nitrogens with one attached hydrogen (secondary N) is 1. The predicted molar refractivity (Wildman–Crippen MR) is 74.8 cm³/mol. The summed E-state index contributed by atoms with van der Waals surface area (Å²) in [6, 6.07) is 8.32. The monoisotopic (exact) mass is 301 g/mol. The van der Waals surface area contributed by atoms with Crippen molar-refractivity contribution in [1.82, 2.24) is 0 Å². The molecular weight excluding hydrogens is 293 g/mol. The lowest BCUT2D eigenvalue weighted by atomic mass is 10.2. The Morgan fingerprint density at radius 1 is 1.28 bits per heavy atom. The molecule has 0 spiro atoms. The van der Waals surface area contributed by atoms with E-state index in [1.54, 1.807) is 30.3 Å². The van der Waals surface area contributed by atoms with E-state index in [2.05, 4.69) is 5.32 Å². The van der Waals surface area contributed by atoms with Crippen molar-refractivity contribution in [3.8, 4) is 5.75 Å². The van der Waals surface area contributed by atoms with Crippen LogP contribution in [0.2, 0.25) is 9.36 Å². The highest BCUT2D eigenvalue weighted by Crippen LogP contribution is 2.31. The minimum absolute atomic E-state index is 0.128. The van der Waals surface area contributed by atoms with Gasteiger partial charge in [-0.15, -0.1) is 11.3 Å². The Kier molecular flexibility index (Phi) is 4.11. The van der Waals surface area contributed by atoms with Gasteiger partial charge >= 0.3 is 0 Å². The van der Waals surface area contributed by atoms with Crippen LogP contribution in [0, 0.1) is 0 Å². The lowest BCUT2D eigenvalue weighted by molar-refractivity contribution is -0.115. The van der Waals surface area contributed by atoms with Gasteiger partial charge in [0.1, 0.15) is 0 Å². The second-order valence-corrected chi connectivity index (χ2v) is 5.77. The van der Waals surface area contributed by atoms with E-state index in [4.69, 9.17) is 23.2 Å². The number of carbonyl (C=O) groups is 1. The number of aromatic hydroxyl groups is 1. The van der Waals surface area contributed by atoms with E-state index in [0.717, 1.165) is 4.88 Å². The molecule has 1 aromatic heterocycles. The molecular formula is C12H9Cl2NO2S. The molecule has 0 bridgehead atoms. The van der Waals surface area contributed by atoms with Crippen LogP contribution in [0.4, 0.5) is 5.69 Å². The number of carbonyl (C=O) groups excluding carboxylic acids is 1. The van der Waals surface area contributed by atoms with Gasteiger partial charge in [0.25, 0.3) is 0 Å². The number of rotatable bonds is 3. The Balaban J connectivity index is 2.05. The first-order valence-electron chi connectivity index (χ1n) is 5.08. The van der Waals surface area contributed by atoms with Crippen LogP contribution in [-0.2, 0) is 11.2 Å². The van der Waals surface area contributed by atoms with Crippen molar-refractivity contribution in [3.63, 3.8) is 0 Å². The number of para-hydroxylation sites is 1. The molecule has 0 aliphatic carbocycles. The summed E-state index contributed by atoms with van der Waals surface area (Å²) in [4.78, 5) is 12.6. The van der Waals surface area contributed by atoms with Gasteiger partial charge < -0.3 is 10.4 Å². The molecule has 18 heavy (non-hydrogen) atoms. The van der Waals surface area contributed by atoms with Crippen LogP contribution >= 0.6 is 34.5 Å². The van der Waals surface area contributed by atoms with Crippen LogP contribution in [0.25, 0.3) is 0 Å². The lowest BCUT2D eigenvalue weighted by Gasteiger charge is -2.07. The SMILES string of the molecule is O=C(Cc1ccc(Cl)s1)Nc1cccc(Cl)c1O. The maximum Gasteiger partial charge on any atom is 0.229 e. The normalized spacial score (nSPS) is 10.3. The van der Waals surface area contributed by atoms with Gasteiger partial charge in [0.2, 0.25) is 5.91 Å². The fraction of sp³-hybridized carbons (Fsp3) is 0.0833. The number of hydrogen-bond acceptors (Lipinski definition) is 3. The highest BCUT2D eigenvalue weighted by atomic mass is 35.5. The molecule has 94 valence electrons. The molecule has 0 radical (unpaired) electrons. The van der Waals surface area contributed by atoms with Crippen molar-refractivity contribution in [2.24, 2.45) is 0 Å². The summed E-state index contributed by atoms with van der Waals surface area (Å²) in [6.07, 6.45) is 0.212. The van der Waals surface area contributed by atoms with Crippen LogP contribution in [0.15, 0.2) is 30.3 Å². The van der Waals surface area contributed by atoms with E-state index in [-0.39, 0.29) is 23.1 Å². The maximum absolute atomic E-state index is 11.8. The molecule has 0 aliphatic heterocycles. The van der Waals surface area contributed by atoms with E-state index < -0.39 is 0 Å². The summed E-state index contributed by atoms with van der Waals surface area (Å²) >= 11 is 12.9. The molecule has 1 aromatic carbocycles. The number of amides is 1. The van der Waals surface area contributed by atoms with Crippen molar-refractivity contribution in [2.45, 2.75) is 6.42 Å².